The molecule has 0 bridgehead atoms. The second-order valence-corrected chi connectivity index (χ2v) is 5.30. The maximum absolute atomic E-state index is 4.59. The third-order valence-corrected chi connectivity index (χ3v) is 4.02. The molecule has 1 N–H and O–H groups in total. The number of rotatable bonds is 5. The second-order valence-electron chi connectivity index (χ2n) is 5.30. The molecule has 96 valence electrons. The van der Waals surface area contributed by atoms with Crippen LogP contribution in [0.1, 0.15) is 25.1 Å². The van der Waals surface area contributed by atoms with Crippen LogP contribution in [-0.2, 0) is 6.54 Å². The van der Waals surface area contributed by atoms with E-state index in [0.29, 0.717) is 0 Å². The minimum absolute atomic E-state index is 0.936. The minimum atomic E-state index is 0.936. The number of fused-ring (bicyclic) bond motifs is 1. The summed E-state index contributed by atoms with van der Waals surface area (Å²) in [7, 11) is 0. The summed E-state index contributed by atoms with van der Waals surface area (Å²) >= 11 is 0. The number of aryl methyl sites for hydroxylation is 1. The molecule has 1 fully saturated rings. The fourth-order valence-electron chi connectivity index (χ4n) is 2.67. The summed E-state index contributed by atoms with van der Waals surface area (Å²) in [5.41, 5.74) is 2.36. The number of hydrogen-bond donors (Lipinski definition) is 1. The third kappa shape index (κ3) is 2.27. The number of imidazole rings is 1. The minimum Gasteiger partial charge on any atom is -0.327 e. The van der Waals surface area contributed by atoms with Gasteiger partial charge < -0.3 is 9.88 Å². The molecule has 0 radical (unpaired) electrons. The molecule has 0 saturated heterocycles. The zero-order valence-corrected chi connectivity index (χ0v) is 11.0. The van der Waals surface area contributed by atoms with Gasteiger partial charge in [-0.15, -0.1) is 0 Å². The van der Waals surface area contributed by atoms with Gasteiger partial charge in [-0.2, -0.15) is 0 Å². The SMILES string of the molecule is Cc1nc2ccccc2n1CCNCC1CCC1. The molecule has 1 aromatic carbocycles. The van der Waals surface area contributed by atoms with Gasteiger partial charge in [0, 0.05) is 13.1 Å². The van der Waals surface area contributed by atoms with Crippen LogP contribution in [0.4, 0.5) is 0 Å². The van der Waals surface area contributed by atoms with Crippen LogP contribution in [0.5, 0.6) is 0 Å². The zero-order chi connectivity index (χ0) is 12.4. The molecule has 0 atom stereocenters. The van der Waals surface area contributed by atoms with Crippen LogP contribution >= 0.6 is 0 Å². The van der Waals surface area contributed by atoms with E-state index < -0.39 is 0 Å². The molecule has 0 aliphatic heterocycles. The zero-order valence-electron chi connectivity index (χ0n) is 11.0. The molecule has 2 aromatic rings. The van der Waals surface area contributed by atoms with Gasteiger partial charge in [-0.05, 0) is 44.4 Å². The summed E-state index contributed by atoms with van der Waals surface area (Å²) < 4.78 is 2.31. The van der Waals surface area contributed by atoms with Gasteiger partial charge in [0.05, 0.1) is 11.0 Å². The van der Waals surface area contributed by atoms with Crippen molar-refractivity contribution in [3.05, 3.63) is 30.1 Å². The molecule has 18 heavy (non-hydrogen) atoms. The Bertz CT molecular complexity index is 526. The van der Waals surface area contributed by atoms with Crippen molar-refractivity contribution in [2.75, 3.05) is 13.1 Å². The van der Waals surface area contributed by atoms with E-state index in [1.54, 1.807) is 0 Å². The fraction of sp³-hybridized carbons (Fsp3) is 0.533. The first-order valence-electron chi connectivity index (χ1n) is 6.97. The number of nitrogens with one attached hydrogen (secondary N) is 1. The lowest BCUT2D eigenvalue weighted by molar-refractivity contribution is 0.300. The van der Waals surface area contributed by atoms with Gasteiger partial charge >= 0.3 is 0 Å². The Morgan fingerprint density at radius 1 is 1.33 bits per heavy atom. The van der Waals surface area contributed by atoms with Crippen LogP contribution in [0, 0.1) is 12.8 Å². The summed E-state index contributed by atoms with van der Waals surface area (Å²) in [4.78, 5) is 4.59. The standard InChI is InChI=1S/C15H21N3/c1-12-17-14-7-2-3-8-15(14)18(12)10-9-16-11-13-5-4-6-13/h2-3,7-8,13,16H,4-6,9-11H2,1H3. The predicted molar refractivity (Wildman–Crippen MR) is 74.7 cm³/mol. The Hall–Kier alpha value is -1.35. The van der Waals surface area contributed by atoms with E-state index in [1.165, 1.54) is 31.3 Å². The Labute approximate surface area is 108 Å². The molecule has 1 aliphatic carbocycles. The van der Waals surface area contributed by atoms with E-state index in [9.17, 15) is 0 Å². The predicted octanol–water partition coefficient (Wildman–Crippen LogP) is 2.73. The number of benzene rings is 1. The van der Waals surface area contributed by atoms with Crippen LogP contribution in [0.2, 0.25) is 0 Å². The molecule has 1 aromatic heterocycles. The lowest BCUT2D eigenvalue weighted by Crippen LogP contribution is -2.29. The van der Waals surface area contributed by atoms with E-state index in [4.69, 9.17) is 0 Å². The molecule has 3 heteroatoms. The van der Waals surface area contributed by atoms with Crippen molar-refractivity contribution in [1.29, 1.82) is 0 Å². The first-order valence-corrected chi connectivity index (χ1v) is 6.97. The molecule has 1 heterocycles. The van der Waals surface area contributed by atoms with Crippen molar-refractivity contribution in [1.82, 2.24) is 14.9 Å². The molecule has 1 saturated carbocycles. The summed E-state index contributed by atoms with van der Waals surface area (Å²) in [6, 6.07) is 8.37. The Morgan fingerprint density at radius 2 is 2.17 bits per heavy atom. The van der Waals surface area contributed by atoms with Gasteiger partial charge in [-0.1, -0.05) is 18.6 Å². The first-order chi connectivity index (χ1) is 8.84. The molecule has 0 spiro atoms. The lowest BCUT2D eigenvalue weighted by atomic mass is 9.85. The first kappa shape index (κ1) is 11.7. The molecular formula is C15H21N3. The van der Waals surface area contributed by atoms with E-state index in [1.807, 2.05) is 6.07 Å². The van der Waals surface area contributed by atoms with E-state index in [0.717, 1.165) is 30.3 Å². The highest BCUT2D eigenvalue weighted by Gasteiger charge is 2.16. The quantitative estimate of drug-likeness (QED) is 0.818. The molecule has 0 amide bonds. The Kier molecular flexibility index (Phi) is 3.33. The molecule has 3 rings (SSSR count). The van der Waals surface area contributed by atoms with Gasteiger partial charge in [0.2, 0.25) is 0 Å². The summed E-state index contributed by atoms with van der Waals surface area (Å²) in [5, 5.41) is 3.57. The van der Waals surface area contributed by atoms with E-state index in [-0.39, 0.29) is 0 Å². The highest BCUT2D eigenvalue weighted by molar-refractivity contribution is 5.75. The molecule has 1 aliphatic rings. The van der Waals surface area contributed by atoms with E-state index in [2.05, 4.69) is 40.0 Å². The number of para-hydroxylation sites is 2. The Balaban J connectivity index is 1.61. The smallest absolute Gasteiger partial charge is 0.106 e. The van der Waals surface area contributed by atoms with Crippen LogP contribution in [0.25, 0.3) is 11.0 Å². The maximum atomic E-state index is 4.59. The van der Waals surface area contributed by atoms with Crippen molar-refractivity contribution in [2.24, 2.45) is 5.92 Å². The number of aromatic nitrogens is 2. The molecule has 0 unspecified atom stereocenters. The van der Waals surface area contributed by atoms with Gasteiger partial charge in [0.15, 0.2) is 0 Å². The van der Waals surface area contributed by atoms with Gasteiger partial charge in [0.25, 0.3) is 0 Å². The normalized spacial score (nSPS) is 16.1. The summed E-state index contributed by atoms with van der Waals surface area (Å²) in [6.07, 6.45) is 4.26. The van der Waals surface area contributed by atoms with Crippen molar-refractivity contribution in [2.45, 2.75) is 32.7 Å². The number of hydrogen-bond acceptors (Lipinski definition) is 2. The van der Waals surface area contributed by atoms with Crippen LogP contribution in [0.15, 0.2) is 24.3 Å². The maximum Gasteiger partial charge on any atom is 0.106 e. The summed E-state index contributed by atoms with van der Waals surface area (Å²) in [6.45, 7) is 5.33. The van der Waals surface area contributed by atoms with Crippen LogP contribution in [0.3, 0.4) is 0 Å². The van der Waals surface area contributed by atoms with Crippen LogP contribution in [-0.4, -0.2) is 22.6 Å². The largest absolute Gasteiger partial charge is 0.327 e. The monoisotopic (exact) mass is 243 g/mol. The van der Waals surface area contributed by atoms with Gasteiger partial charge in [-0.25, -0.2) is 4.98 Å². The van der Waals surface area contributed by atoms with Gasteiger partial charge in [0.1, 0.15) is 5.82 Å². The van der Waals surface area contributed by atoms with Crippen LogP contribution < -0.4 is 5.32 Å². The fourth-order valence-corrected chi connectivity index (χ4v) is 2.67. The summed E-state index contributed by atoms with van der Waals surface area (Å²) in [5.74, 6) is 2.05. The topological polar surface area (TPSA) is 29.9 Å². The van der Waals surface area contributed by atoms with Gasteiger partial charge in [-0.3, -0.25) is 0 Å². The average Bonchev–Trinajstić information content (AvgIpc) is 2.63. The van der Waals surface area contributed by atoms with Crippen molar-refractivity contribution in [3.63, 3.8) is 0 Å². The average molecular weight is 243 g/mol. The lowest BCUT2D eigenvalue weighted by Gasteiger charge is -2.25. The highest BCUT2D eigenvalue weighted by atomic mass is 15.1. The third-order valence-electron chi connectivity index (χ3n) is 4.02. The van der Waals surface area contributed by atoms with Crippen molar-refractivity contribution in [3.8, 4) is 0 Å². The van der Waals surface area contributed by atoms with Crippen molar-refractivity contribution >= 4 is 11.0 Å². The second kappa shape index (κ2) is 5.11. The molecular weight excluding hydrogens is 222 g/mol. The van der Waals surface area contributed by atoms with E-state index >= 15 is 0 Å². The molecule has 3 nitrogen and oxygen atoms in total. The Morgan fingerprint density at radius 3 is 2.94 bits per heavy atom. The highest BCUT2D eigenvalue weighted by Crippen LogP contribution is 2.25. The van der Waals surface area contributed by atoms with Crippen molar-refractivity contribution < 1.29 is 0 Å². The number of nitrogens with zero attached hydrogens (tertiary/aromatic N) is 2.